The molecule has 3 atom stereocenters. The summed E-state index contributed by atoms with van der Waals surface area (Å²) in [6, 6.07) is 0. The molecule has 2 saturated heterocycles. The van der Waals surface area contributed by atoms with E-state index in [0.717, 1.165) is 18.4 Å². The van der Waals surface area contributed by atoms with E-state index in [0.29, 0.717) is 6.10 Å². The molecule has 0 aromatic rings. The second kappa shape index (κ2) is 3.35. The number of epoxide rings is 1. The number of likely N-dealkylation sites (tertiary alicyclic amines) is 1. The maximum atomic E-state index is 5.24. The van der Waals surface area contributed by atoms with Crippen LogP contribution in [-0.2, 0) is 4.74 Å². The summed E-state index contributed by atoms with van der Waals surface area (Å²) in [5.41, 5.74) is 0. The van der Waals surface area contributed by atoms with Crippen molar-refractivity contribution in [2.75, 3.05) is 26.2 Å². The summed E-state index contributed by atoms with van der Waals surface area (Å²) in [6.07, 6.45) is 1.98. The molecule has 70 valence electrons. The van der Waals surface area contributed by atoms with Gasteiger partial charge in [0.25, 0.3) is 0 Å². The molecule has 0 aliphatic carbocycles. The van der Waals surface area contributed by atoms with Crippen LogP contribution in [0.1, 0.15) is 20.3 Å². The third-order valence-electron chi connectivity index (χ3n) is 2.81. The standard InChI is InChI=1S/C10H19NO/c1-8-3-9(2)5-11(4-8)6-10-7-12-10/h8-10H,3-7H2,1-2H3/t8?,9?,10-/m0/s1. The van der Waals surface area contributed by atoms with Crippen LogP contribution in [0.4, 0.5) is 0 Å². The normalized spacial score (nSPS) is 43.0. The van der Waals surface area contributed by atoms with Gasteiger partial charge < -0.3 is 9.64 Å². The minimum atomic E-state index is 0.572. The molecule has 0 N–H and O–H groups in total. The van der Waals surface area contributed by atoms with Gasteiger partial charge in [-0.1, -0.05) is 13.8 Å². The van der Waals surface area contributed by atoms with Gasteiger partial charge in [-0.15, -0.1) is 0 Å². The van der Waals surface area contributed by atoms with E-state index in [4.69, 9.17) is 4.74 Å². The van der Waals surface area contributed by atoms with Gasteiger partial charge in [0, 0.05) is 19.6 Å². The second-order valence-electron chi connectivity index (χ2n) is 4.62. The highest BCUT2D eigenvalue weighted by molar-refractivity contribution is 4.80. The van der Waals surface area contributed by atoms with E-state index >= 15 is 0 Å². The van der Waals surface area contributed by atoms with Crippen molar-refractivity contribution in [2.24, 2.45) is 11.8 Å². The molecule has 2 heteroatoms. The zero-order chi connectivity index (χ0) is 8.55. The first-order valence-corrected chi connectivity index (χ1v) is 5.08. The molecule has 0 aromatic carbocycles. The Hall–Kier alpha value is -0.0800. The van der Waals surface area contributed by atoms with Crippen molar-refractivity contribution >= 4 is 0 Å². The van der Waals surface area contributed by atoms with Crippen molar-refractivity contribution in [3.63, 3.8) is 0 Å². The van der Waals surface area contributed by atoms with E-state index in [1.165, 1.54) is 26.1 Å². The molecule has 0 radical (unpaired) electrons. The molecule has 0 spiro atoms. The second-order valence-corrected chi connectivity index (χ2v) is 4.62. The van der Waals surface area contributed by atoms with Crippen LogP contribution >= 0.6 is 0 Å². The summed E-state index contributed by atoms with van der Waals surface area (Å²) in [7, 11) is 0. The Morgan fingerprint density at radius 2 is 1.83 bits per heavy atom. The van der Waals surface area contributed by atoms with E-state index in [2.05, 4.69) is 18.7 Å². The van der Waals surface area contributed by atoms with Crippen molar-refractivity contribution in [3.8, 4) is 0 Å². The molecule has 2 rings (SSSR count). The molecule has 2 heterocycles. The monoisotopic (exact) mass is 169 g/mol. The Morgan fingerprint density at radius 1 is 1.25 bits per heavy atom. The Kier molecular flexibility index (Phi) is 2.37. The van der Waals surface area contributed by atoms with Gasteiger partial charge >= 0.3 is 0 Å². The van der Waals surface area contributed by atoms with Gasteiger partial charge in [-0.3, -0.25) is 0 Å². The maximum absolute atomic E-state index is 5.24. The molecule has 0 aromatic heterocycles. The van der Waals surface area contributed by atoms with E-state index < -0.39 is 0 Å². The van der Waals surface area contributed by atoms with Crippen LogP contribution in [0.25, 0.3) is 0 Å². The van der Waals surface area contributed by atoms with Gasteiger partial charge in [0.15, 0.2) is 0 Å². The maximum Gasteiger partial charge on any atom is 0.0936 e. The molecule has 0 amide bonds. The number of nitrogens with zero attached hydrogens (tertiary/aromatic N) is 1. The minimum absolute atomic E-state index is 0.572. The number of ether oxygens (including phenoxy) is 1. The SMILES string of the molecule is CC1CC(C)CN(C[C@H]2CO2)C1. The van der Waals surface area contributed by atoms with E-state index in [1.54, 1.807) is 0 Å². The van der Waals surface area contributed by atoms with Crippen LogP contribution in [-0.4, -0.2) is 37.2 Å². The molecule has 2 unspecified atom stereocenters. The van der Waals surface area contributed by atoms with Crippen molar-refractivity contribution in [3.05, 3.63) is 0 Å². The highest BCUT2D eigenvalue weighted by atomic mass is 16.6. The van der Waals surface area contributed by atoms with Crippen molar-refractivity contribution in [2.45, 2.75) is 26.4 Å². The van der Waals surface area contributed by atoms with Crippen molar-refractivity contribution in [1.29, 1.82) is 0 Å². The molecule has 2 aliphatic heterocycles. The first kappa shape index (κ1) is 8.52. The Bertz CT molecular complexity index is 143. The summed E-state index contributed by atoms with van der Waals surface area (Å²) in [6.45, 7) is 9.45. The van der Waals surface area contributed by atoms with Crippen LogP contribution in [0.15, 0.2) is 0 Å². The molecule has 2 nitrogen and oxygen atoms in total. The minimum Gasteiger partial charge on any atom is -0.372 e. The fourth-order valence-corrected chi connectivity index (χ4v) is 2.40. The summed E-state index contributed by atoms with van der Waals surface area (Å²) < 4.78 is 5.24. The number of rotatable bonds is 2. The quantitative estimate of drug-likeness (QED) is 0.580. The third kappa shape index (κ3) is 2.20. The predicted molar refractivity (Wildman–Crippen MR) is 49.1 cm³/mol. The lowest BCUT2D eigenvalue weighted by Gasteiger charge is -2.34. The highest BCUT2D eigenvalue weighted by Gasteiger charge is 2.29. The molecule has 0 saturated carbocycles. The molecular weight excluding hydrogens is 150 g/mol. The molecule has 0 bridgehead atoms. The number of piperidine rings is 1. The van der Waals surface area contributed by atoms with E-state index in [9.17, 15) is 0 Å². The smallest absolute Gasteiger partial charge is 0.0936 e. The average Bonchev–Trinajstić information content (AvgIpc) is 2.68. The Labute approximate surface area is 74.9 Å². The van der Waals surface area contributed by atoms with Crippen LogP contribution in [0.2, 0.25) is 0 Å². The van der Waals surface area contributed by atoms with Crippen molar-refractivity contribution in [1.82, 2.24) is 4.90 Å². The topological polar surface area (TPSA) is 15.8 Å². The Balaban J connectivity index is 1.79. The van der Waals surface area contributed by atoms with Gasteiger partial charge in [-0.2, -0.15) is 0 Å². The lowest BCUT2D eigenvalue weighted by atomic mass is 9.92. The van der Waals surface area contributed by atoms with Crippen LogP contribution in [0.5, 0.6) is 0 Å². The fourth-order valence-electron chi connectivity index (χ4n) is 2.40. The third-order valence-corrected chi connectivity index (χ3v) is 2.81. The van der Waals surface area contributed by atoms with Crippen LogP contribution in [0, 0.1) is 11.8 Å². The number of hydrogen-bond donors (Lipinski definition) is 0. The highest BCUT2D eigenvalue weighted by Crippen LogP contribution is 2.22. The van der Waals surface area contributed by atoms with Crippen LogP contribution in [0.3, 0.4) is 0 Å². The zero-order valence-corrected chi connectivity index (χ0v) is 8.12. The van der Waals surface area contributed by atoms with E-state index in [1.807, 2.05) is 0 Å². The fraction of sp³-hybridized carbons (Fsp3) is 1.00. The number of hydrogen-bond acceptors (Lipinski definition) is 2. The largest absolute Gasteiger partial charge is 0.372 e. The first-order chi connectivity index (χ1) is 5.74. The molecule has 2 aliphatic rings. The summed E-state index contributed by atoms with van der Waals surface area (Å²) in [5.74, 6) is 1.76. The lowest BCUT2D eigenvalue weighted by Crippen LogP contribution is -2.40. The van der Waals surface area contributed by atoms with Crippen LogP contribution < -0.4 is 0 Å². The van der Waals surface area contributed by atoms with Gasteiger partial charge in [0.05, 0.1) is 12.7 Å². The Morgan fingerprint density at radius 3 is 2.33 bits per heavy atom. The van der Waals surface area contributed by atoms with Gasteiger partial charge in [-0.05, 0) is 18.3 Å². The predicted octanol–water partition coefficient (Wildman–Crippen LogP) is 1.36. The molecule has 2 fully saturated rings. The summed E-state index contributed by atoms with van der Waals surface area (Å²) >= 11 is 0. The van der Waals surface area contributed by atoms with Gasteiger partial charge in [0.2, 0.25) is 0 Å². The van der Waals surface area contributed by atoms with E-state index in [-0.39, 0.29) is 0 Å². The lowest BCUT2D eigenvalue weighted by molar-refractivity contribution is 0.131. The van der Waals surface area contributed by atoms with Gasteiger partial charge in [0.1, 0.15) is 0 Å². The average molecular weight is 169 g/mol. The first-order valence-electron chi connectivity index (χ1n) is 5.08. The summed E-state index contributed by atoms with van der Waals surface area (Å²) in [5, 5.41) is 0. The van der Waals surface area contributed by atoms with Gasteiger partial charge in [-0.25, -0.2) is 0 Å². The van der Waals surface area contributed by atoms with Crippen molar-refractivity contribution < 1.29 is 4.74 Å². The zero-order valence-electron chi connectivity index (χ0n) is 8.12. The molecular formula is C10H19NO. The molecule has 12 heavy (non-hydrogen) atoms. The summed E-state index contributed by atoms with van der Waals surface area (Å²) in [4.78, 5) is 2.57.